The largest absolute Gasteiger partial charge is 0.480 e. The number of rotatable bonds is 5. The standard InChI is InChI=1S/C21H24N8O2/c1-11(30)26-21(2)8-13(9-21)23-20-24-18-17(19(25-20)31-4)14(10-22-18)12-5-6-15-16(7-12)29(3)28-27-15/h5-7,10,13H,8-9H2,1-4H3,(H,26,30)(H2,22,23,24,25)/t13-,21-. The van der Waals surface area contributed by atoms with Gasteiger partial charge in [-0.1, -0.05) is 11.3 Å². The van der Waals surface area contributed by atoms with Gasteiger partial charge in [-0.15, -0.1) is 5.10 Å². The third kappa shape index (κ3) is 3.33. The maximum absolute atomic E-state index is 11.4. The van der Waals surface area contributed by atoms with Gasteiger partial charge in [-0.2, -0.15) is 9.97 Å². The van der Waals surface area contributed by atoms with E-state index in [1.54, 1.807) is 18.7 Å². The van der Waals surface area contributed by atoms with E-state index >= 15 is 0 Å². The van der Waals surface area contributed by atoms with Crippen molar-refractivity contribution in [1.82, 2.24) is 35.3 Å². The van der Waals surface area contributed by atoms with Gasteiger partial charge in [0.15, 0.2) is 0 Å². The Balaban J connectivity index is 1.45. The molecule has 1 aliphatic carbocycles. The van der Waals surface area contributed by atoms with Crippen LogP contribution in [0.4, 0.5) is 5.95 Å². The van der Waals surface area contributed by atoms with Crippen molar-refractivity contribution in [2.45, 2.75) is 38.3 Å². The van der Waals surface area contributed by atoms with Gasteiger partial charge in [0.1, 0.15) is 11.2 Å². The third-order valence-electron chi connectivity index (χ3n) is 5.82. The Hall–Kier alpha value is -3.69. The van der Waals surface area contributed by atoms with Crippen LogP contribution in [-0.4, -0.2) is 54.5 Å². The molecule has 5 rings (SSSR count). The maximum Gasteiger partial charge on any atom is 0.228 e. The predicted molar refractivity (Wildman–Crippen MR) is 117 cm³/mol. The topological polar surface area (TPSA) is 123 Å². The number of carbonyl (C=O) groups excluding carboxylic acids is 1. The number of carbonyl (C=O) groups is 1. The molecule has 0 unspecified atom stereocenters. The lowest BCUT2D eigenvalue weighted by molar-refractivity contribution is -0.121. The van der Waals surface area contributed by atoms with Gasteiger partial charge in [0.2, 0.25) is 17.7 Å². The minimum atomic E-state index is -0.184. The van der Waals surface area contributed by atoms with Crippen LogP contribution in [0.5, 0.6) is 5.88 Å². The first-order valence-corrected chi connectivity index (χ1v) is 10.1. The van der Waals surface area contributed by atoms with E-state index in [4.69, 9.17) is 4.74 Å². The Bertz CT molecular complexity index is 1300. The molecule has 3 N–H and O–H groups in total. The number of nitrogens with zero attached hydrogens (tertiary/aromatic N) is 5. The summed E-state index contributed by atoms with van der Waals surface area (Å²) >= 11 is 0. The monoisotopic (exact) mass is 420 g/mol. The van der Waals surface area contributed by atoms with Crippen molar-refractivity contribution in [3.63, 3.8) is 0 Å². The van der Waals surface area contributed by atoms with Crippen molar-refractivity contribution < 1.29 is 9.53 Å². The summed E-state index contributed by atoms with van der Waals surface area (Å²) < 4.78 is 7.36. The van der Waals surface area contributed by atoms with Crippen molar-refractivity contribution in [2.75, 3.05) is 12.4 Å². The zero-order valence-electron chi connectivity index (χ0n) is 17.9. The molecule has 31 heavy (non-hydrogen) atoms. The van der Waals surface area contributed by atoms with E-state index < -0.39 is 0 Å². The van der Waals surface area contributed by atoms with Gasteiger partial charge >= 0.3 is 0 Å². The molecule has 3 heterocycles. The van der Waals surface area contributed by atoms with Crippen LogP contribution in [-0.2, 0) is 11.8 Å². The van der Waals surface area contributed by atoms with Crippen molar-refractivity contribution in [2.24, 2.45) is 7.05 Å². The van der Waals surface area contributed by atoms with Crippen molar-refractivity contribution in [3.8, 4) is 17.0 Å². The Kier molecular flexibility index (Phi) is 4.31. The smallest absolute Gasteiger partial charge is 0.228 e. The SMILES string of the molecule is COc1nc(N[C@H]2C[C@](C)(NC(C)=O)C2)nc2[nH]cc(-c3ccc4nnn(C)c4c3)c12. The molecule has 1 aromatic carbocycles. The molecule has 0 bridgehead atoms. The van der Waals surface area contributed by atoms with Crippen molar-refractivity contribution in [3.05, 3.63) is 24.4 Å². The highest BCUT2D eigenvalue weighted by Gasteiger charge is 2.41. The lowest BCUT2D eigenvalue weighted by Gasteiger charge is -2.45. The zero-order chi connectivity index (χ0) is 21.8. The van der Waals surface area contributed by atoms with Gasteiger partial charge in [0.05, 0.1) is 18.0 Å². The predicted octanol–water partition coefficient (Wildman–Crippen LogP) is 2.38. The number of hydrogen-bond acceptors (Lipinski definition) is 7. The molecule has 10 nitrogen and oxygen atoms in total. The molecule has 10 heteroatoms. The number of hydrogen-bond donors (Lipinski definition) is 3. The first kappa shape index (κ1) is 19.3. The molecule has 4 aromatic rings. The molecule has 0 saturated heterocycles. The van der Waals surface area contributed by atoms with Crippen LogP contribution in [0, 0.1) is 0 Å². The second kappa shape index (κ2) is 6.93. The van der Waals surface area contributed by atoms with E-state index in [0.717, 1.165) is 40.4 Å². The van der Waals surface area contributed by atoms with Gasteiger partial charge in [0, 0.05) is 37.3 Å². The summed E-state index contributed by atoms with van der Waals surface area (Å²) in [6, 6.07) is 6.18. The Morgan fingerprint density at radius 2 is 2.13 bits per heavy atom. The fraction of sp³-hybridized carbons (Fsp3) is 0.381. The number of aromatic amines is 1. The molecule has 1 aliphatic rings. The lowest BCUT2D eigenvalue weighted by Crippen LogP contribution is -2.59. The summed E-state index contributed by atoms with van der Waals surface area (Å²) in [5, 5.41) is 15.4. The number of aromatic nitrogens is 6. The Morgan fingerprint density at radius 3 is 2.87 bits per heavy atom. The van der Waals surface area contributed by atoms with E-state index in [1.807, 2.05) is 38.4 Å². The zero-order valence-corrected chi connectivity index (χ0v) is 17.9. The van der Waals surface area contributed by atoms with Crippen molar-refractivity contribution in [1.29, 1.82) is 0 Å². The van der Waals surface area contributed by atoms with Crippen LogP contribution in [0.3, 0.4) is 0 Å². The number of H-pyrrole nitrogens is 1. The summed E-state index contributed by atoms with van der Waals surface area (Å²) in [5.74, 6) is 0.981. The molecule has 1 amide bonds. The minimum Gasteiger partial charge on any atom is -0.480 e. The highest BCUT2D eigenvalue weighted by atomic mass is 16.5. The Morgan fingerprint density at radius 1 is 1.32 bits per heavy atom. The summed E-state index contributed by atoms with van der Waals surface area (Å²) in [7, 11) is 3.47. The molecule has 1 saturated carbocycles. The number of benzene rings is 1. The molecule has 1 fully saturated rings. The molecular weight excluding hydrogens is 396 g/mol. The van der Waals surface area contributed by atoms with E-state index in [-0.39, 0.29) is 17.5 Å². The molecule has 3 aromatic heterocycles. The average Bonchev–Trinajstić information content (AvgIpc) is 3.29. The number of aryl methyl sites for hydroxylation is 1. The normalized spacial score (nSPS) is 20.6. The van der Waals surface area contributed by atoms with Gasteiger partial charge in [-0.25, -0.2) is 4.68 Å². The van der Waals surface area contributed by atoms with Crippen LogP contribution in [0.25, 0.3) is 33.2 Å². The first-order valence-electron chi connectivity index (χ1n) is 10.1. The molecule has 0 spiro atoms. The third-order valence-corrected chi connectivity index (χ3v) is 5.82. The molecule has 0 aliphatic heterocycles. The number of amides is 1. The molecule has 160 valence electrons. The van der Waals surface area contributed by atoms with Crippen LogP contribution < -0.4 is 15.4 Å². The van der Waals surface area contributed by atoms with E-state index in [9.17, 15) is 4.79 Å². The summed E-state index contributed by atoms with van der Waals surface area (Å²) in [5.41, 5.74) is 4.23. The molecular formula is C21H24N8O2. The number of methoxy groups -OCH3 is 1. The fourth-order valence-corrected chi connectivity index (χ4v) is 4.48. The first-order chi connectivity index (χ1) is 14.8. The van der Waals surface area contributed by atoms with Gasteiger partial charge in [0.25, 0.3) is 0 Å². The fourth-order valence-electron chi connectivity index (χ4n) is 4.48. The number of ether oxygens (including phenoxy) is 1. The highest BCUT2D eigenvalue weighted by molar-refractivity contribution is 5.99. The lowest BCUT2D eigenvalue weighted by atomic mass is 9.74. The number of anilines is 1. The maximum atomic E-state index is 11.4. The van der Waals surface area contributed by atoms with Gasteiger partial charge in [-0.05, 0) is 37.5 Å². The van der Waals surface area contributed by atoms with Crippen LogP contribution >= 0.6 is 0 Å². The van der Waals surface area contributed by atoms with Crippen LogP contribution in [0.15, 0.2) is 24.4 Å². The Labute approximate surface area is 178 Å². The van der Waals surface area contributed by atoms with E-state index in [0.29, 0.717) is 17.5 Å². The second-order valence-electron chi connectivity index (χ2n) is 8.39. The number of nitrogens with one attached hydrogen (secondary N) is 3. The minimum absolute atomic E-state index is 0.0145. The van der Waals surface area contributed by atoms with Crippen LogP contribution in [0.2, 0.25) is 0 Å². The number of fused-ring (bicyclic) bond motifs is 2. The highest BCUT2D eigenvalue weighted by Crippen LogP contribution is 2.37. The van der Waals surface area contributed by atoms with E-state index in [1.165, 1.54) is 0 Å². The van der Waals surface area contributed by atoms with Crippen molar-refractivity contribution >= 4 is 33.9 Å². The average molecular weight is 420 g/mol. The molecule has 0 radical (unpaired) electrons. The summed E-state index contributed by atoms with van der Waals surface area (Å²) in [6.07, 6.45) is 3.53. The van der Waals surface area contributed by atoms with E-state index in [2.05, 4.69) is 35.9 Å². The summed E-state index contributed by atoms with van der Waals surface area (Å²) in [4.78, 5) is 23.9. The second-order valence-corrected chi connectivity index (χ2v) is 8.39. The van der Waals surface area contributed by atoms with Crippen LogP contribution in [0.1, 0.15) is 26.7 Å². The molecule has 0 atom stereocenters. The summed E-state index contributed by atoms with van der Waals surface area (Å²) in [6.45, 7) is 3.59. The van der Waals surface area contributed by atoms with Gasteiger partial charge in [-0.3, -0.25) is 4.79 Å². The van der Waals surface area contributed by atoms with Gasteiger partial charge < -0.3 is 20.4 Å². The quantitative estimate of drug-likeness (QED) is 0.453.